The van der Waals surface area contributed by atoms with Gasteiger partial charge < -0.3 is 15.0 Å². The van der Waals surface area contributed by atoms with Gasteiger partial charge in [0.1, 0.15) is 0 Å². The Balaban J connectivity index is 1.53. The first kappa shape index (κ1) is 16.4. The average Bonchev–Trinajstić information content (AvgIpc) is 3.02. The molecule has 0 radical (unpaired) electrons. The first-order chi connectivity index (χ1) is 11.5. The molecule has 2 amide bonds. The molecular formula is C17H22N4O3. The van der Waals surface area contributed by atoms with E-state index in [0.717, 1.165) is 10.9 Å². The predicted molar refractivity (Wildman–Crippen MR) is 89.6 cm³/mol. The highest BCUT2D eigenvalue weighted by Gasteiger charge is 2.25. The van der Waals surface area contributed by atoms with Crippen LogP contribution in [-0.4, -0.2) is 58.8 Å². The number of H-pyrrole nitrogens is 1. The molecule has 1 aliphatic rings. The second-order valence-corrected chi connectivity index (χ2v) is 6.20. The smallest absolute Gasteiger partial charge is 0.252 e. The second-order valence-electron chi connectivity index (χ2n) is 6.20. The second kappa shape index (κ2) is 7.00. The molecule has 3 rings (SSSR count). The summed E-state index contributed by atoms with van der Waals surface area (Å²) in [5, 5.41) is 10.4. The third-order valence-electron chi connectivity index (χ3n) is 4.13. The van der Waals surface area contributed by atoms with Crippen molar-refractivity contribution in [3.8, 4) is 0 Å². The molecule has 1 aromatic heterocycles. The van der Waals surface area contributed by atoms with Crippen LogP contribution in [-0.2, 0) is 9.53 Å². The van der Waals surface area contributed by atoms with Crippen LogP contribution < -0.4 is 5.32 Å². The highest BCUT2D eigenvalue weighted by Crippen LogP contribution is 2.16. The van der Waals surface area contributed by atoms with Crippen molar-refractivity contribution >= 4 is 22.7 Å². The van der Waals surface area contributed by atoms with E-state index >= 15 is 0 Å². The summed E-state index contributed by atoms with van der Waals surface area (Å²) in [6.07, 6.45) is 2.01. The number of aromatic nitrogens is 2. The number of nitrogens with one attached hydrogen (secondary N) is 2. The molecule has 7 nitrogen and oxygen atoms in total. The molecule has 1 saturated heterocycles. The van der Waals surface area contributed by atoms with Crippen LogP contribution in [0.3, 0.4) is 0 Å². The van der Waals surface area contributed by atoms with Crippen molar-refractivity contribution in [2.24, 2.45) is 0 Å². The summed E-state index contributed by atoms with van der Waals surface area (Å²) in [6.45, 7) is 5.44. The van der Waals surface area contributed by atoms with Gasteiger partial charge in [-0.1, -0.05) is 6.07 Å². The molecule has 1 aliphatic heterocycles. The normalized spacial score (nSPS) is 21.0. The predicted octanol–water partition coefficient (Wildman–Crippen LogP) is 1.32. The highest BCUT2D eigenvalue weighted by atomic mass is 16.5. The summed E-state index contributed by atoms with van der Waals surface area (Å²) in [4.78, 5) is 26.4. The van der Waals surface area contributed by atoms with E-state index in [4.69, 9.17) is 4.74 Å². The molecule has 2 heterocycles. The van der Waals surface area contributed by atoms with Gasteiger partial charge in [-0.3, -0.25) is 14.7 Å². The number of ether oxygens (including phenoxy) is 1. The molecule has 24 heavy (non-hydrogen) atoms. The SMILES string of the molecule is C[C@@H]1CN(C(=O)CCNC(=O)c2cccc3[nH]ncc23)C[C@@H](C)O1. The zero-order valence-electron chi connectivity index (χ0n) is 13.9. The van der Waals surface area contributed by atoms with Crippen LogP contribution >= 0.6 is 0 Å². The van der Waals surface area contributed by atoms with E-state index in [1.807, 2.05) is 24.8 Å². The van der Waals surface area contributed by atoms with Crippen molar-refractivity contribution in [1.82, 2.24) is 20.4 Å². The minimum Gasteiger partial charge on any atom is -0.372 e. The van der Waals surface area contributed by atoms with Crippen molar-refractivity contribution in [3.05, 3.63) is 30.0 Å². The summed E-state index contributed by atoms with van der Waals surface area (Å²) in [6, 6.07) is 5.42. The van der Waals surface area contributed by atoms with Gasteiger partial charge in [-0.15, -0.1) is 0 Å². The highest BCUT2D eigenvalue weighted by molar-refractivity contribution is 6.06. The number of carbonyl (C=O) groups excluding carboxylic acids is 2. The Kier molecular flexibility index (Phi) is 4.80. The van der Waals surface area contributed by atoms with Crippen LogP contribution in [0.2, 0.25) is 0 Å². The number of rotatable bonds is 4. The van der Waals surface area contributed by atoms with E-state index in [0.29, 0.717) is 25.2 Å². The molecule has 0 unspecified atom stereocenters. The Morgan fingerprint density at radius 3 is 2.83 bits per heavy atom. The summed E-state index contributed by atoms with van der Waals surface area (Å²) in [5.41, 5.74) is 1.37. The lowest BCUT2D eigenvalue weighted by Gasteiger charge is -2.35. The standard InChI is InChI=1S/C17H22N4O3/c1-11-9-21(10-12(2)24-11)16(22)6-7-18-17(23)13-4-3-5-15-14(13)8-19-20-15/h3-5,8,11-12H,6-7,9-10H2,1-2H3,(H,18,23)(H,19,20)/t11-,12-/m1/s1. The third-order valence-corrected chi connectivity index (χ3v) is 4.13. The van der Waals surface area contributed by atoms with Gasteiger partial charge in [-0.25, -0.2) is 0 Å². The molecule has 0 saturated carbocycles. The number of benzene rings is 1. The molecule has 0 aliphatic carbocycles. The van der Waals surface area contributed by atoms with Crippen LogP contribution in [0.15, 0.2) is 24.4 Å². The number of amides is 2. The van der Waals surface area contributed by atoms with Gasteiger partial charge in [0, 0.05) is 31.4 Å². The molecule has 1 fully saturated rings. The van der Waals surface area contributed by atoms with Gasteiger partial charge in [-0.2, -0.15) is 5.10 Å². The average molecular weight is 330 g/mol. The number of fused-ring (bicyclic) bond motifs is 1. The lowest BCUT2D eigenvalue weighted by molar-refractivity contribution is -0.143. The third kappa shape index (κ3) is 3.56. The van der Waals surface area contributed by atoms with Crippen LogP contribution in [0.4, 0.5) is 0 Å². The molecule has 7 heteroatoms. The molecule has 1 aromatic carbocycles. The Morgan fingerprint density at radius 1 is 1.33 bits per heavy atom. The van der Waals surface area contributed by atoms with Crippen molar-refractivity contribution in [2.45, 2.75) is 32.5 Å². The van der Waals surface area contributed by atoms with Gasteiger partial charge in [0.25, 0.3) is 5.91 Å². The van der Waals surface area contributed by atoms with Crippen LogP contribution in [0, 0.1) is 0 Å². The van der Waals surface area contributed by atoms with E-state index < -0.39 is 0 Å². The number of carbonyl (C=O) groups is 2. The number of aromatic amines is 1. The number of nitrogens with zero attached hydrogens (tertiary/aromatic N) is 2. The van der Waals surface area contributed by atoms with Gasteiger partial charge in [0.05, 0.1) is 29.5 Å². The van der Waals surface area contributed by atoms with Gasteiger partial charge in [0.15, 0.2) is 0 Å². The Morgan fingerprint density at radius 2 is 2.08 bits per heavy atom. The van der Waals surface area contributed by atoms with Crippen LogP contribution in [0.5, 0.6) is 0 Å². The van der Waals surface area contributed by atoms with Crippen LogP contribution in [0.25, 0.3) is 10.9 Å². The maximum atomic E-state index is 12.3. The first-order valence-corrected chi connectivity index (χ1v) is 8.18. The monoisotopic (exact) mass is 330 g/mol. The fraction of sp³-hybridized carbons (Fsp3) is 0.471. The quantitative estimate of drug-likeness (QED) is 0.885. The molecule has 2 N–H and O–H groups in total. The van der Waals surface area contributed by atoms with E-state index in [1.54, 1.807) is 18.3 Å². The largest absolute Gasteiger partial charge is 0.372 e. The fourth-order valence-electron chi connectivity index (χ4n) is 3.08. The molecule has 2 atom stereocenters. The lowest BCUT2D eigenvalue weighted by Crippen LogP contribution is -2.48. The Bertz CT molecular complexity index is 732. The topological polar surface area (TPSA) is 87.3 Å². The summed E-state index contributed by atoms with van der Waals surface area (Å²) >= 11 is 0. The Labute approximate surface area is 140 Å². The van der Waals surface area contributed by atoms with Crippen LogP contribution in [0.1, 0.15) is 30.6 Å². The summed E-state index contributed by atoms with van der Waals surface area (Å²) in [5.74, 6) is -0.155. The van der Waals surface area contributed by atoms with Gasteiger partial charge in [0.2, 0.25) is 5.91 Å². The summed E-state index contributed by atoms with van der Waals surface area (Å²) in [7, 11) is 0. The summed E-state index contributed by atoms with van der Waals surface area (Å²) < 4.78 is 5.63. The number of hydrogen-bond donors (Lipinski definition) is 2. The molecular weight excluding hydrogens is 308 g/mol. The van der Waals surface area contributed by atoms with Gasteiger partial charge in [-0.05, 0) is 26.0 Å². The zero-order valence-corrected chi connectivity index (χ0v) is 13.9. The minimum absolute atomic E-state index is 0.0406. The van der Waals surface area contributed by atoms with Gasteiger partial charge >= 0.3 is 0 Å². The minimum atomic E-state index is -0.196. The van der Waals surface area contributed by atoms with E-state index in [2.05, 4.69) is 15.5 Å². The number of hydrogen-bond acceptors (Lipinski definition) is 4. The first-order valence-electron chi connectivity index (χ1n) is 8.18. The van der Waals surface area contributed by atoms with Crippen molar-refractivity contribution < 1.29 is 14.3 Å². The fourth-order valence-corrected chi connectivity index (χ4v) is 3.08. The maximum absolute atomic E-state index is 12.3. The lowest BCUT2D eigenvalue weighted by atomic mass is 10.1. The van der Waals surface area contributed by atoms with Crippen molar-refractivity contribution in [2.75, 3.05) is 19.6 Å². The molecule has 128 valence electrons. The maximum Gasteiger partial charge on any atom is 0.252 e. The van der Waals surface area contributed by atoms with E-state index in [-0.39, 0.29) is 30.4 Å². The Hall–Kier alpha value is -2.41. The van der Waals surface area contributed by atoms with E-state index in [1.165, 1.54) is 0 Å². The van der Waals surface area contributed by atoms with E-state index in [9.17, 15) is 9.59 Å². The molecule has 0 bridgehead atoms. The number of morpholine rings is 1. The van der Waals surface area contributed by atoms with Crippen molar-refractivity contribution in [3.63, 3.8) is 0 Å². The zero-order chi connectivity index (χ0) is 17.1. The molecule has 2 aromatic rings. The van der Waals surface area contributed by atoms with Crippen molar-refractivity contribution in [1.29, 1.82) is 0 Å². The molecule has 0 spiro atoms.